The van der Waals surface area contributed by atoms with Gasteiger partial charge in [-0.05, 0) is 60.4 Å². The van der Waals surface area contributed by atoms with Crippen LogP contribution in [0.5, 0.6) is 0 Å². The van der Waals surface area contributed by atoms with Crippen LogP contribution in [-0.4, -0.2) is 0 Å². The molecule has 48 heavy (non-hydrogen) atoms. The molecule has 0 aliphatic heterocycles. The van der Waals surface area contributed by atoms with Crippen LogP contribution >= 0.6 is 22.7 Å². The second-order valence-corrected chi connectivity index (χ2v) is 16.5. The van der Waals surface area contributed by atoms with Crippen molar-refractivity contribution in [3.63, 3.8) is 0 Å². The lowest BCUT2D eigenvalue weighted by Crippen LogP contribution is -2.00. The lowest BCUT2D eigenvalue weighted by molar-refractivity contribution is 0.412. The number of hydrogen-bond donors (Lipinski definition) is 0. The molecule has 2 heterocycles. The third-order valence-electron chi connectivity index (χ3n) is 10.4. The van der Waals surface area contributed by atoms with E-state index < -0.39 is 0 Å². The van der Waals surface area contributed by atoms with Crippen LogP contribution < -0.4 is 0 Å². The van der Waals surface area contributed by atoms with Crippen LogP contribution in [0, 0.1) is 35.5 Å². The summed E-state index contributed by atoms with van der Waals surface area (Å²) in [6.07, 6.45) is 34.9. The maximum Gasteiger partial charge on any atom is 0.0518 e. The lowest BCUT2D eigenvalue weighted by atomic mass is 9.91. The molecule has 0 spiro atoms. The van der Waals surface area contributed by atoms with E-state index in [2.05, 4.69) is 74.3 Å². The molecule has 0 N–H and O–H groups in total. The van der Waals surface area contributed by atoms with E-state index in [1.54, 1.807) is 0 Å². The zero-order chi connectivity index (χ0) is 34.1. The molecule has 0 aliphatic carbocycles. The van der Waals surface area contributed by atoms with Crippen LogP contribution in [0.3, 0.4) is 0 Å². The van der Waals surface area contributed by atoms with Gasteiger partial charge in [-0.1, -0.05) is 180 Å². The fraction of sp³-hybridized carbons (Fsp3) is 0.696. The number of hydrogen-bond acceptors (Lipinski definition) is 2. The van der Waals surface area contributed by atoms with Crippen molar-refractivity contribution in [3.8, 4) is 23.7 Å². The summed E-state index contributed by atoms with van der Waals surface area (Å²) >= 11 is 3.71. The van der Waals surface area contributed by atoms with Crippen LogP contribution in [0.25, 0.3) is 20.2 Å². The van der Waals surface area contributed by atoms with Gasteiger partial charge in [-0.25, -0.2) is 0 Å². The molecule has 0 aliphatic rings. The fourth-order valence-electron chi connectivity index (χ4n) is 7.30. The number of thiophene rings is 2. The number of benzene rings is 1. The first kappa shape index (κ1) is 40.7. The van der Waals surface area contributed by atoms with Crippen LogP contribution in [0.1, 0.15) is 206 Å². The van der Waals surface area contributed by atoms with Gasteiger partial charge in [-0.3, -0.25) is 0 Å². The van der Waals surface area contributed by atoms with Crippen molar-refractivity contribution in [1.29, 1.82) is 0 Å². The van der Waals surface area contributed by atoms with E-state index in [0.717, 1.165) is 24.7 Å². The summed E-state index contributed by atoms with van der Waals surface area (Å²) in [4.78, 5) is 0. The monoisotopic (exact) mass is 686 g/mol. The summed E-state index contributed by atoms with van der Waals surface area (Å²) in [5.41, 5.74) is 2.51. The van der Waals surface area contributed by atoms with Gasteiger partial charge >= 0.3 is 0 Å². The van der Waals surface area contributed by atoms with Gasteiger partial charge < -0.3 is 0 Å². The average molecular weight is 687 g/mol. The van der Waals surface area contributed by atoms with Crippen molar-refractivity contribution in [2.45, 2.75) is 195 Å². The van der Waals surface area contributed by atoms with Crippen molar-refractivity contribution in [3.05, 3.63) is 34.0 Å². The third kappa shape index (κ3) is 15.0. The Morgan fingerprint density at radius 2 is 0.750 bits per heavy atom. The summed E-state index contributed by atoms with van der Waals surface area (Å²) in [5, 5.41) is 7.17. The molecule has 0 amide bonds. The first-order valence-electron chi connectivity index (χ1n) is 20.6. The SMILES string of the molecule is CCCCCCCCC(CC#Cc1c2ccsc2c(C#CCC(CCCCCC)CCCCCCCC)c2ccsc12)CCCCCC. The minimum atomic E-state index is 0.744. The first-order valence-corrected chi connectivity index (χ1v) is 22.4. The molecule has 0 saturated heterocycles. The molecule has 3 rings (SSSR count). The fourth-order valence-corrected chi connectivity index (χ4v) is 9.14. The van der Waals surface area contributed by atoms with Crippen molar-refractivity contribution in [1.82, 2.24) is 0 Å². The van der Waals surface area contributed by atoms with E-state index in [0.29, 0.717) is 0 Å². The molecule has 0 radical (unpaired) electrons. The smallest absolute Gasteiger partial charge is 0.0518 e. The molecule has 2 heteroatoms. The number of rotatable bonds is 26. The molecular weight excluding hydrogens is 617 g/mol. The van der Waals surface area contributed by atoms with Gasteiger partial charge in [0.2, 0.25) is 0 Å². The minimum Gasteiger partial charge on any atom is -0.142 e. The van der Waals surface area contributed by atoms with Crippen LogP contribution in [0.15, 0.2) is 22.9 Å². The van der Waals surface area contributed by atoms with Crippen molar-refractivity contribution in [2.24, 2.45) is 11.8 Å². The van der Waals surface area contributed by atoms with Crippen molar-refractivity contribution < 1.29 is 0 Å². The highest BCUT2D eigenvalue weighted by molar-refractivity contribution is 7.19. The summed E-state index contributed by atoms with van der Waals surface area (Å²) in [7, 11) is 0. The second kappa shape index (κ2) is 26.1. The van der Waals surface area contributed by atoms with Gasteiger partial charge in [0.15, 0.2) is 0 Å². The number of unbranched alkanes of at least 4 members (excludes halogenated alkanes) is 16. The van der Waals surface area contributed by atoms with Gasteiger partial charge in [-0.15, -0.1) is 22.7 Å². The molecule has 3 aromatic rings. The highest BCUT2D eigenvalue weighted by Crippen LogP contribution is 2.38. The summed E-state index contributed by atoms with van der Waals surface area (Å²) in [6, 6.07) is 4.62. The molecule has 2 aromatic heterocycles. The van der Waals surface area contributed by atoms with Crippen LogP contribution in [0.4, 0.5) is 0 Å². The van der Waals surface area contributed by atoms with E-state index in [4.69, 9.17) is 0 Å². The molecule has 0 saturated carbocycles. The molecule has 1 aromatic carbocycles. The Kier molecular flexibility index (Phi) is 22.1. The summed E-state index contributed by atoms with van der Waals surface area (Å²) in [6.45, 7) is 9.25. The molecule has 266 valence electrons. The van der Waals surface area contributed by atoms with E-state index in [1.165, 1.54) is 185 Å². The predicted molar refractivity (Wildman–Crippen MR) is 221 cm³/mol. The predicted octanol–water partition coefficient (Wildman–Crippen LogP) is 16.3. The standard InChI is InChI=1S/C46H70S2/c1-5-9-13-17-19-23-29-39(27-21-15-11-7-3)31-25-33-41-43-35-37-48-46(43)42(44-36-38-47-45(41)44)34-26-32-40(28-22-16-12-8-4)30-24-20-18-14-10-6-2/h35-40H,5-24,27-32H2,1-4H3. The van der Waals surface area contributed by atoms with Crippen LogP contribution in [0.2, 0.25) is 0 Å². The first-order chi connectivity index (χ1) is 23.7. The second-order valence-electron chi connectivity index (χ2n) is 14.6. The molecular formula is C46H70S2. The largest absolute Gasteiger partial charge is 0.142 e. The van der Waals surface area contributed by atoms with Gasteiger partial charge in [0.25, 0.3) is 0 Å². The highest BCUT2D eigenvalue weighted by atomic mass is 32.1. The molecule has 0 bridgehead atoms. The zero-order valence-electron chi connectivity index (χ0n) is 31.7. The molecule has 0 fully saturated rings. The Morgan fingerprint density at radius 1 is 0.438 bits per heavy atom. The molecule has 2 unspecified atom stereocenters. The summed E-state index contributed by atoms with van der Waals surface area (Å²) in [5.74, 6) is 16.5. The topological polar surface area (TPSA) is 0 Å². The quantitative estimate of drug-likeness (QED) is 0.0582. The highest BCUT2D eigenvalue weighted by Gasteiger charge is 2.15. The van der Waals surface area contributed by atoms with Gasteiger partial charge in [-0.2, -0.15) is 0 Å². The third-order valence-corrected chi connectivity index (χ3v) is 12.3. The molecule has 2 atom stereocenters. The van der Waals surface area contributed by atoms with Crippen LogP contribution in [-0.2, 0) is 0 Å². The lowest BCUT2D eigenvalue weighted by Gasteiger charge is -2.14. The Bertz CT molecular complexity index is 1210. The van der Waals surface area contributed by atoms with Gasteiger partial charge in [0.05, 0.1) is 20.5 Å². The number of fused-ring (bicyclic) bond motifs is 2. The molecule has 0 nitrogen and oxygen atoms in total. The summed E-state index contributed by atoms with van der Waals surface area (Å²) < 4.78 is 2.69. The Labute approximate surface area is 305 Å². The Morgan fingerprint density at radius 3 is 1.10 bits per heavy atom. The maximum absolute atomic E-state index is 3.75. The normalized spacial score (nSPS) is 12.6. The minimum absolute atomic E-state index is 0.744. The zero-order valence-corrected chi connectivity index (χ0v) is 33.3. The van der Waals surface area contributed by atoms with E-state index in [9.17, 15) is 0 Å². The van der Waals surface area contributed by atoms with Gasteiger partial charge in [0.1, 0.15) is 0 Å². The Balaban J connectivity index is 1.73. The van der Waals surface area contributed by atoms with Gasteiger partial charge in [0, 0.05) is 23.6 Å². The average Bonchev–Trinajstić information content (AvgIpc) is 3.79. The van der Waals surface area contributed by atoms with Crippen molar-refractivity contribution in [2.75, 3.05) is 0 Å². The van der Waals surface area contributed by atoms with Crippen molar-refractivity contribution >= 4 is 42.8 Å². The van der Waals surface area contributed by atoms with E-state index >= 15 is 0 Å². The van der Waals surface area contributed by atoms with E-state index in [1.807, 2.05) is 22.7 Å². The maximum atomic E-state index is 3.75. The van der Waals surface area contributed by atoms with E-state index in [-0.39, 0.29) is 0 Å². The Hall–Kier alpha value is -1.74.